The average Bonchev–Trinajstić information content (AvgIpc) is 3.30. The van der Waals surface area contributed by atoms with Gasteiger partial charge in [0.05, 0.1) is 17.0 Å². The van der Waals surface area contributed by atoms with Gasteiger partial charge in [-0.1, -0.05) is 54.3 Å². The lowest BCUT2D eigenvalue weighted by Crippen LogP contribution is -2.52. The first kappa shape index (κ1) is 26.9. The number of anilines is 1. The SMILES string of the molecule is Cc1ccc(CN(C(=O)CN(c2ccc(F)c(Cl)c2)S(C)(=O)=O)[C@H](C)C(=O)NC2CCCC2)cc1. The molecule has 0 aromatic heterocycles. The van der Waals surface area contributed by atoms with Gasteiger partial charge in [0.1, 0.15) is 18.4 Å². The van der Waals surface area contributed by atoms with Gasteiger partial charge in [-0.2, -0.15) is 0 Å². The van der Waals surface area contributed by atoms with Crippen molar-refractivity contribution in [1.29, 1.82) is 0 Å². The van der Waals surface area contributed by atoms with Crippen molar-refractivity contribution < 1.29 is 22.4 Å². The van der Waals surface area contributed by atoms with E-state index in [1.807, 2.05) is 31.2 Å². The maximum absolute atomic E-state index is 13.7. The number of hydrogen-bond acceptors (Lipinski definition) is 4. The molecule has 0 unspecified atom stereocenters. The van der Waals surface area contributed by atoms with Crippen molar-refractivity contribution in [3.63, 3.8) is 0 Å². The van der Waals surface area contributed by atoms with Gasteiger partial charge in [0, 0.05) is 12.6 Å². The molecule has 1 saturated carbocycles. The molecule has 1 atom stereocenters. The highest BCUT2D eigenvalue weighted by Crippen LogP contribution is 2.25. The zero-order valence-electron chi connectivity index (χ0n) is 20.1. The molecule has 0 saturated heterocycles. The fraction of sp³-hybridized carbons (Fsp3) is 0.440. The van der Waals surface area contributed by atoms with E-state index in [-0.39, 0.29) is 29.2 Å². The number of carbonyl (C=O) groups is 2. The van der Waals surface area contributed by atoms with E-state index < -0.39 is 34.3 Å². The summed E-state index contributed by atoms with van der Waals surface area (Å²) in [5.41, 5.74) is 1.92. The van der Waals surface area contributed by atoms with E-state index in [2.05, 4.69) is 5.32 Å². The lowest BCUT2D eigenvalue weighted by atomic mass is 10.1. The molecule has 1 aliphatic rings. The highest BCUT2D eigenvalue weighted by molar-refractivity contribution is 7.92. The molecule has 7 nitrogen and oxygen atoms in total. The molecular formula is C25H31ClFN3O4S. The van der Waals surface area contributed by atoms with E-state index in [0.717, 1.165) is 59.5 Å². The molecule has 10 heteroatoms. The molecule has 3 rings (SSSR count). The molecule has 2 aromatic rings. The van der Waals surface area contributed by atoms with Gasteiger partial charge in [0.2, 0.25) is 21.8 Å². The van der Waals surface area contributed by atoms with Gasteiger partial charge in [0.25, 0.3) is 0 Å². The fourth-order valence-electron chi connectivity index (χ4n) is 4.12. The molecular weight excluding hydrogens is 493 g/mol. The molecule has 0 radical (unpaired) electrons. The van der Waals surface area contributed by atoms with Gasteiger partial charge in [-0.3, -0.25) is 13.9 Å². The first-order chi connectivity index (χ1) is 16.5. The summed E-state index contributed by atoms with van der Waals surface area (Å²) in [7, 11) is -3.92. The Morgan fingerprint density at radius 3 is 2.34 bits per heavy atom. The van der Waals surface area contributed by atoms with Crippen molar-refractivity contribution in [3.8, 4) is 0 Å². The fourth-order valence-corrected chi connectivity index (χ4v) is 5.13. The third-order valence-electron chi connectivity index (χ3n) is 6.21. The van der Waals surface area contributed by atoms with Crippen LogP contribution in [-0.2, 0) is 26.2 Å². The number of hydrogen-bond donors (Lipinski definition) is 1. The number of aryl methyl sites for hydroxylation is 1. The van der Waals surface area contributed by atoms with E-state index in [9.17, 15) is 22.4 Å². The largest absolute Gasteiger partial charge is 0.352 e. The second-order valence-corrected chi connectivity index (χ2v) is 11.4. The zero-order chi connectivity index (χ0) is 25.8. The van der Waals surface area contributed by atoms with Gasteiger partial charge in [-0.25, -0.2) is 12.8 Å². The summed E-state index contributed by atoms with van der Waals surface area (Å²) < 4.78 is 39.6. The van der Waals surface area contributed by atoms with Gasteiger partial charge >= 0.3 is 0 Å². The van der Waals surface area contributed by atoms with E-state index in [0.29, 0.717) is 0 Å². The van der Waals surface area contributed by atoms with Crippen LogP contribution in [0.5, 0.6) is 0 Å². The van der Waals surface area contributed by atoms with Crippen LogP contribution in [-0.4, -0.2) is 50.0 Å². The molecule has 2 aromatic carbocycles. The second-order valence-electron chi connectivity index (χ2n) is 9.04. The molecule has 190 valence electrons. The molecule has 1 fully saturated rings. The monoisotopic (exact) mass is 523 g/mol. The Morgan fingerprint density at radius 2 is 1.77 bits per heavy atom. The van der Waals surface area contributed by atoms with Crippen molar-refractivity contribution in [2.75, 3.05) is 17.1 Å². The number of halogens is 2. The third-order valence-corrected chi connectivity index (χ3v) is 7.64. The van der Waals surface area contributed by atoms with Crippen molar-refractivity contribution in [3.05, 3.63) is 64.4 Å². The van der Waals surface area contributed by atoms with Gasteiger partial charge in [-0.05, 0) is 50.5 Å². The molecule has 2 amide bonds. The summed E-state index contributed by atoms with van der Waals surface area (Å²) >= 11 is 5.86. The lowest BCUT2D eigenvalue weighted by molar-refractivity contribution is -0.139. The van der Waals surface area contributed by atoms with E-state index in [1.165, 1.54) is 11.0 Å². The van der Waals surface area contributed by atoms with Crippen LogP contribution in [0, 0.1) is 12.7 Å². The van der Waals surface area contributed by atoms with Gasteiger partial charge < -0.3 is 10.2 Å². The van der Waals surface area contributed by atoms with Gasteiger partial charge in [0.15, 0.2) is 0 Å². The van der Waals surface area contributed by atoms with Crippen molar-refractivity contribution >= 4 is 39.1 Å². The number of nitrogens with zero attached hydrogens (tertiary/aromatic N) is 2. The predicted molar refractivity (Wildman–Crippen MR) is 135 cm³/mol. The van der Waals surface area contributed by atoms with E-state index >= 15 is 0 Å². The van der Waals surface area contributed by atoms with Crippen LogP contribution in [0.3, 0.4) is 0 Å². The Hall–Kier alpha value is -2.65. The lowest BCUT2D eigenvalue weighted by Gasteiger charge is -2.32. The minimum Gasteiger partial charge on any atom is -0.352 e. The summed E-state index contributed by atoms with van der Waals surface area (Å²) in [5, 5.41) is 2.75. The Labute approximate surface area is 211 Å². The molecule has 0 spiro atoms. The Kier molecular flexibility index (Phi) is 8.77. The smallest absolute Gasteiger partial charge is 0.244 e. The summed E-state index contributed by atoms with van der Waals surface area (Å²) in [6.07, 6.45) is 4.86. The highest BCUT2D eigenvalue weighted by atomic mass is 35.5. The van der Waals surface area contributed by atoms with Crippen LogP contribution < -0.4 is 9.62 Å². The van der Waals surface area contributed by atoms with Crippen molar-refractivity contribution in [2.45, 2.75) is 58.2 Å². The Balaban J connectivity index is 1.88. The molecule has 0 bridgehead atoms. The summed E-state index contributed by atoms with van der Waals surface area (Å²) in [6.45, 7) is 3.14. The maximum Gasteiger partial charge on any atom is 0.244 e. The standard InChI is InChI=1S/C25H31ClFN3O4S/c1-17-8-10-19(11-9-17)15-29(18(2)25(32)28-20-6-4-5-7-20)24(31)16-30(35(3,33)34)21-12-13-23(27)22(26)14-21/h8-14,18,20H,4-7,15-16H2,1-3H3,(H,28,32)/t18-/m1/s1. The predicted octanol–water partition coefficient (Wildman–Crippen LogP) is 4.03. The zero-order valence-corrected chi connectivity index (χ0v) is 21.7. The Bertz CT molecular complexity index is 1170. The average molecular weight is 524 g/mol. The van der Waals surface area contributed by atoms with Crippen molar-refractivity contribution in [1.82, 2.24) is 10.2 Å². The molecule has 35 heavy (non-hydrogen) atoms. The quantitative estimate of drug-likeness (QED) is 0.537. The first-order valence-corrected chi connectivity index (χ1v) is 13.8. The van der Waals surface area contributed by atoms with Crippen LogP contribution in [0.2, 0.25) is 5.02 Å². The molecule has 1 N–H and O–H groups in total. The van der Waals surface area contributed by atoms with E-state index in [4.69, 9.17) is 11.6 Å². The molecule has 0 heterocycles. The van der Waals surface area contributed by atoms with E-state index in [1.54, 1.807) is 6.92 Å². The van der Waals surface area contributed by atoms with Crippen LogP contribution in [0.15, 0.2) is 42.5 Å². The molecule has 1 aliphatic carbocycles. The minimum atomic E-state index is -3.92. The normalized spacial score (nSPS) is 15.0. The third kappa shape index (κ3) is 7.18. The second kappa shape index (κ2) is 11.4. The topological polar surface area (TPSA) is 86.8 Å². The summed E-state index contributed by atoms with van der Waals surface area (Å²) in [6, 6.07) is 10.2. The minimum absolute atomic E-state index is 0.0607. The van der Waals surface area contributed by atoms with Gasteiger partial charge in [-0.15, -0.1) is 0 Å². The Morgan fingerprint density at radius 1 is 1.14 bits per heavy atom. The van der Waals surface area contributed by atoms with Crippen LogP contribution in [0.1, 0.15) is 43.7 Å². The maximum atomic E-state index is 13.7. The number of sulfonamides is 1. The number of amides is 2. The number of nitrogens with one attached hydrogen (secondary N) is 1. The first-order valence-electron chi connectivity index (χ1n) is 11.5. The van der Waals surface area contributed by atoms with Crippen molar-refractivity contribution in [2.24, 2.45) is 0 Å². The van der Waals surface area contributed by atoms with Crippen LogP contribution >= 0.6 is 11.6 Å². The summed E-state index contributed by atoms with van der Waals surface area (Å²) in [4.78, 5) is 27.9. The molecule has 0 aliphatic heterocycles. The highest BCUT2D eigenvalue weighted by Gasteiger charge is 2.31. The number of rotatable bonds is 9. The van der Waals surface area contributed by atoms with Crippen LogP contribution in [0.25, 0.3) is 0 Å². The summed E-state index contributed by atoms with van der Waals surface area (Å²) in [5.74, 6) is -1.55. The van der Waals surface area contributed by atoms with Crippen LogP contribution in [0.4, 0.5) is 10.1 Å². The number of benzene rings is 2. The number of carbonyl (C=O) groups excluding carboxylic acids is 2.